The molecular weight excluding hydrogens is 847 g/mol. The number of ether oxygens (including phenoxy) is 2. The summed E-state index contributed by atoms with van der Waals surface area (Å²) in [5, 5.41) is 2.42. The van der Waals surface area contributed by atoms with Gasteiger partial charge in [0, 0.05) is 76.9 Å². The van der Waals surface area contributed by atoms with Gasteiger partial charge in [-0.2, -0.15) is 0 Å². The number of nitrogens with one attached hydrogen (secondary N) is 1. The van der Waals surface area contributed by atoms with Gasteiger partial charge in [0.15, 0.2) is 0 Å². The van der Waals surface area contributed by atoms with Crippen molar-refractivity contribution in [2.45, 2.75) is 91.7 Å². The predicted molar refractivity (Wildman–Crippen MR) is 257 cm³/mol. The monoisotopic (exact) mass is 902 g/mol. The van der Waals surface area contributed by atoms with Gasteiger partial charge < -0.3 is 19.4 Å². The summed E-state index contributed by atoms with van der Waals surface area (Å²) < 4.78 is 13.1. The molecule has 0 bridgehead atoms. The van der Waals surface area contributed by atoms with Crippen LogP contribution in [-0.4, -0.2) is 65.0 Å². The summed E-state index contributed by atoms with van der Waals surface area (Å²) in [6.45, 7) is 15.5. The van der Waals surface area contributed by atoms with Gasteiger partial charge >= 0.3 is 5.97 Å². The van der Waals surface area contributed by atoms with Crippen molar-refractivity contribution in [2.75, 3.05) is 37.0 Å². The number of hydrogen-bond donors (Lipinski definition) is 1. The molecule has 3 heterocycles. The highest BCUT2D eigenvalue weighted by Gasteiger charge is 2.66. The molecule has 2 saturated carbocycles. The molecule has 2 spiro atoms. The Hall–Kier alpha value is -4.27. The lowest BCUT2D eigenvalue weighted by molar-refractivity contribution is 0.0286. The van der Waals surface area contributed by atoms with E-state index in [-0.39, 0.29) is 28.3 Å². The first-order chi connectivity index (χ1) is 30.2. The van der Waals surface area contributed by atoms with Crippen LogP contribution in [0.5, 0.6) is 11.5 Å². The number of nitrogens with zero attached hydrogens (tertiary/aromatic N) is 3. The Morgan fingerprint density at radius 1 is 0.825 bits per heavy atom. The minimum absolute atomic E-state index is 0.122. The summed E-state index contributed by atoms with van der Waals surface area (Å²) in [5.74, 6) is 1.08. The highest BCUT2D eigenvalue weighted by Crippen LogP contribution is 2.69. The molecule has 10 heteroatoms. The number of hydrogen-bond acceptors (Lipinski definition) is 6. The lowest BCUT2D eigenvalue weighted by Gasteiger charge is -2.45. The number of rotatable bonds is 10. The maximum absolute atomic E-state index is 14.4. The van der Waals surface area contributed by atoms with Gasteiger partial charge in [-0.3, -0.25) is 4.90 Å². The van der Waals surface area contributed by atoms with Crippen LogP contribution in [0.4, 0.5) is 5.69 Å². The van der Waals surface area contributed by atoms with Crippen LogP contribution >= 0.6 is 34.8 Å². The van der Waals surface area contributed by atoms with Gasteiger partial charge in [-0.15, -0.1) is 11.6 Å². The maximum Gasteiger partial charge on any atom is 0.342 e. The number of H-pyrrole nitrogens is 1. The number of carbonyl (C=O) groups is 1. The molecule has 3 unspecified atom stereocenters. The van der Waals surface area contributed by atoms with Gasteiger partial charge in [0.1, 0.15) is 28.8 Å². The number of piperazine rings is 1. The van der Waals surface area contributed by atoms with E-state index in [4.69, 9.17) is 44.3 Å². The van der Waals surface area contributed by atoms with Gasteiger partial charge in [0.05, 0.1) is 6.20 Å². The van der Waals surface area contributed by atoms with Crippen LogP contribution in [0.1, 0.15) is 101 Å². The van der Waals surface area contributed by atoms with E-state index in [0.29, 0.717) is 39.4 Å². The maximum atomic E-state index is 14.4. The number of halogens is 3. The fourth-order valence-electron chi connectivity index (χ4n) is 11.5. The zero-order valence-corrected chi connectivity index (χ0v) is 39.3. The van der Waals surface area contributed by atoms with Gasteiger partial charge in [-0.1, -0.05) is 86.3 Å². The van der Waals surface area contributed by atoms with Crippen molar-refractivity contribution >= 4 is 68.6 Å². The lowest BCUT2D eigenvalue weighted by atomic mass is 9.63. The quantitative estimate of drug-likeness (QED) is 0.111. The Labute approximate surface area is 386 Å². The molecule has 5 aromatic rings. The summed E-state index contributed by atoms with van der Waals surface area (Å²) in [4.78, 5) is 27.2. The molecule has 3 aromatic carbocycles. The number of benzene rings is 3. The second kappa shape index (κ2) is 16.0. The average Bonchev–Trinajstić information content (AvgIpc) is 4.14. The lowest BCUT2D eigenvalue weighted by Crippen LogP contribution is -2.52. The number of fused-ring (bicyclic) bond motifs is 1. The molecule has 3 fully saturated rings. The van der Waals surface area contributed by atoms with Crippen LogP contribution in [0.3, 0.4) is 0 Å². The average molecular weight is 904 g/mol. The van der Waals surface area contributed by atoms with Crippen LogP contribution in [0.2, 0.25) is 10.0 Å². The number of alkyl halides is 1. The number of aromatic nitrogens is 2. The van der Waals surface area contributed by atoms with E-state index in [2.05, 4.69) is 84.7 Å². The molecule has 63 heavy (non-hydrogen) atoms. The molecule has 3 atom stereocenters. The number of carbonyl (C=O) groups excluding carboxylic acids is 1. The molecule has 10 rings (SSSR count). The number of allylic oxidation sites excluding steroid dienone is 3. The van der Waals surface area contributed by atoms with Crippen molar-refractivity contribution < 1.29 is 14.3 Å². The van der Waals surface area contributed by atoms with Crippen molar-refractivity contribution in [3.63, 3.8) is 0 Å². The first kappa shape index (κ1) is 42.7. The number of pyridine rings is 1. The fraction of sp³-hybridized carbons (Fsp3) is 0.434. The SMILES string of the molecule is CC1CN(c2ccc(C(=O)OC3CC34CC(CCl)=C(c3ccc(Cl)cc3)CC4(C)C)c(Oc3cnc4[nH]ccc4c3)c2)CCN1CC1=C(c2ccc(Cl)cc2)CC(C)(C)C2(CC2)C1. The molecule has 1 saturated heterocycles. The van der Waals surface area contributed by atoms with Crippen LogP contribution in [0.25, 0.3) is 22.2 Å². The molecule has 0 amide bonds. The van der Waals surface area contributed by atoms with Crippen molar-refractivity contribution in [2.24, 2.45) is 21.7 Å². The van der Waals surface area contributed by atoms with Crippen molar-refractivity contribution in [3.05, 3.63) is 129 Å². The van der Waals surface area contributed by atoms with E-state index in [9.17, 15) is 4.79 Å². The third kappa shape index (κ3) is 7.89. The van der Waals surface area contributed by atoms with Gasteiger partial charge in [0.2, 0.25) is 0 Å². The van der Waals surface area contributed by atoms with E-state index in [1.54, 1.807) is 11.8 Å². The molecule has 1 N–H and O–H groups in total. The summed E-state index contributed by atoms with van der Waals surface area (Å²) in [5.41, 5.74) is 10.6. The van der Waals surface area contributed by atoms with Crippen molar-refractivity contribution in [1.82, 2.24) is 14.9 Å². The first-order valence-electron chi connectivity index (χ1n) is 22.6. The van der Waals surface area contributed by atoms with Gasteiger partial charge in [0.25, 0.3) is 0 Å². The molecule has 2 aromatic heterocycles. The van der Waals surface area contributed by atoms with Crippen molar-refractivity contribution in [3.8, 4) is 11.5 Å². The Morgan fingerprint density at radius 2 is 1.51 bits per heavy atom. The molecule has 4 aliphatic carbocycles. The van der Waals surface area contributed by atoms with E-state index in [1.807, 2.05) is 54.7 Å². The minimum Gasteiger partial charge on any atom is -0.458 e. The summed E-state index contributed by atoms with van der Waals surface area (Å²) in [6, 6.07) is 26.7. The standard InChI is InChI=1S/C53H57Cl3N4O3/c1-33-31-60(21-20-59(33)32-38-24-52(17-18-52)50(2,3)26-45(38)35-8-12-40(56)13-9-35)41-14-15-43(46(23-41)62-42-22-36-16-19-57-48(36)58-30-42)49(61)63-47-28-53(47)25-37(29-54)44(27-51(53,4)5)34-6-10-39(55)11-7-34/h6-16,19,22-23,30,33,47H,17-18,20-21,24-29,31-32H2,1-5H3,(H,57,58). The number of esters is 1. The van der Waals surface area contributed by atoms with Gasteiger partial charge in [-0.25, -0.2) is 9.78 Å². The van der Waals surface area contributed by atoms with E-state index >= 15 is 0 Å². The Balaban J connectivity index is 0.891. The highest BCUT2D eigenvalue weighted by atomic mass is 35.5. The Morgan fingerprint density at radius 3 is 2.17 bits per heavy atom. The third-order valence-corrected chi connectivity index (χ3v) is 16.7. The minimum atomic E-state index is -0.378. The summed E-state index contributed by atoms with van der Waals surface area (Å²) >= 11 is 19.2. The molecule has 7 nitrogen and oxygen atoms in total. The third-order valence-electron chi connectivity index (χ3n) is 15.9. The second-order valence-electron chi connectivity index (χ2n) is 20.5. The second-order valence-corrected chi connectivity index (χ2v) is 21.6. The molecule has 5 aliphatic rings. The largest absolute Gasteiger partial charge is 0.458 e. The zero-order chi connectivity index (χ0) is 43.9. The molecular formula is C53H57Cl3N4O3. The van der Waals surface area contributed by atoms with E-state index in [1.165, 1.54) is 41.5 Å². The van der Waals surface area contributed by atoms with Crippen LogP contribution < -0.4 is 9.64 Å². The van der Waals surface area contributed by atoms with E-state index in [0.717, 1.165) is 79.2 Å². The predicted octanol–water partition coefficient (Wildman–Crippen LogP) is 13.7. The van der Waals surface area contributed by atoms with Gasteiger partial charge in [-0.05, 0) is 139 Å². The smallest absolute Gasteiger partial charge is 0.342 e. The summed E-state index contributed by atoms with van der Waals surface area (Å²) in [7, 11) is 0. The fourth-order valence-corrected chi connectivity index (χ4v) is 12.0. The van der Waals surface area contributed by atoms with Crippen LogP contribution in [-0.2, 0) is 4.74 Å². The molecule has 0 radical (unpaired) electrons. The first-order valence-corrected chi connectivity index (χ1v) is 23.9. The summed E-state index contributed by atoms with van der Waals surface area (Å²) in [6.07, 6.45) is 10.7. The Kier molecular flexibility index (Phi) is 10.8. The van der Waals surface area contributed by atoms with Crippen LogP contribution in [0.15, 0.2) is 102 Å². The van der Waals surface area contributed by atoms with Crippen LogP contribution in [0, 0.1) is 21.7 Å². The highest BCUT2D eigenvalue weighted by molar-refractivity contribution is 6.30. The van der Waals surface area contributed by atoms with Crippen molar-refractivity contribution in [1.29, 1.82) is 0 Å². The topological polar surface area (TPSA) is 70.7 Å². The zero-order valence-electron chi connectivity index (χ0n) is 37.0. The van der Waals surface area contributed by atoms with E-state index < -0.39 is 0 Å². The normalized spacial score (nSPS) is 24.9. The molecule has 328 valence electrons. The number of aromatic amines is 1. The molecule has 1 aliphatic heterocycles. The Bertz CT molecular complexity index is 2640. The number of anilines is 1.